The van der Waals surface area contributed by atoms with E-state index in [1.165, 1.54) is 11.4 Å². The van der Waals surface area contributed by atoms with E-state index in [1.807, 2.05) is 0 Å². The van der Waals surface area contributed by atoms with Crippen molar-refractivity contribution >= 4 is 27.6 Å². The molecule has 1 saturated heterocycles. The van der Waals surface area contributed by atoms with Gasteiger partial charge in [0.1, 0.15) is 0 Å². The van der Waals surface area contributed by atoms with Gasteiger partial charge >= 0.3 is 5.97 Å². The molecule has 7 nitrogen and oxygen atoms in total. The quantitative estimate of drug-likeness (QED) is 0.776. The van der Waals surface area contributed by atoms with Crippen molar-refractivity contribution in [1.82, 2.24) is 4.31 Å². The van der Waals surface area contributed by atoms with Crippen molar-refractivity contribution in [3.05, 3.63) is 60.2 Å². The average molecular weight is 402 g/mol. The van der Waals surface area contributed by atoms with Gasteiger partial charge in [0.05, 0.1) is 17.6 Å². The van der Waals surface area contributed by atoms with E-state index in [9.17, 15) is 18.0 Å². The van der Waals surface area contributed by atoms with Gasteiger partial charge in [-0.3, -0.25) is 4.79 Å². The minimum absolute atomic E-state index is 0.182. The number of hydrogen-bond donors (Lipinski definition) is 1. The van der Waals surface area contributed by atoms with Gasteiger partial charge in [0, 0.05) is 24.7 Å². The number of methoxy groups -OCH3 is 1. The Morgan fingerprint density at radius 2 is 1.71 bits per heavy atom. The number of ether oxygens (including phenoxy) is 1. The number of amides is 1. The summed E-state index contributed by atoms with van der Waals surface area (Å²) >= 11 is 0. The summed E-state index contributed by atoms with van der Waals surface area (Å²) in [6.45, 7) is 0.578. The lowest BCUT2D eigenvalue weighted by Gasteiger charge is -2.30. The minimum Gasteiger partial charge on any atom is -0.465 e. The molecule has 1 N–H and O–H groups in total. The van der Waals surface area contributed by atoms with E-state index in [0.717, 1.165) is 0 Å². The molecule has 0 saturated carbocycles. The number of anilines is 1. The van der Waals surface area contributed by atoms with Crippen molar-refractivity contribution in [1.29, 1.82) is 0 Å². The molecule has 1 amide bonds. The molecule has 0 spiro atoms. The molecular weight excluding hydrogens is 380 g/mol. The number of hydrogen-bond acceptors (Lipinski definition) is 5. The van der Waals surface area contributed by atoms with Gasteiger partial charge in [-0.1, -0.05) is 24.3 Å². The molecule has 3 rings (SSSR count). The lowest BCUT2D eigenvalue weighted by atomic mass is 9.97. The molecule has 28 heavy (non-hydrogen) atoms. The zero-order valence-electron chi connectivity index (χ0n) is 15.5. The zero-order valence-corrected chi connectivity index (χ0v) is 16.3. The number of carbonyl (C=O) groups excluding carboxylic acids is 2. The third kappa shape index (κ3) is 4.40. The highest BCUT2D eigenvalue weighted by atomic mass is 32.2. The maximum Gasteiger partial charge on any atom is 0.337 e. The summed E-state index contributed by atoms with van der Waals surface area (Å²) in [7, 11) is -2.24. The maximum atomic E-state index is 12.7. The van der Waals surface area contributed by atoms with Crippen LogP contribution in [0.4, 0.5) is 5.69 Å². The van der Waals surface area contributed by atoms with E-state index in [-0.39, 0.29) is 29.8 Å². The fraction of sp³-hybridized carbons (Fsp3) is 0.300. The summed E-state index contributed by atoms with van der Waals surface area (Å²) in [5, 5.41) is 2.80. The van der Waals surface area contributed by atoms with Gasteiger partial charge in [0.2, 0.25) is 15.9 Å². The molecule has 1 aliphatic heterocycles. The molecule has 1 fully saturated rings. The lowest BCUT2D eigenvalue weighted by Crippen LogP contribution is -2.41. The number of sulfonamides is 1. The summed E-state index contributed by atoms with van der Waals surface area (Å²) < 4.78 is 31.4. The predicted octanol–water partition coefficient (Wildman–Crippen LogP) is 2.51. The lowest BCUT2D eigenvalue weighted by molar-refractivity contribution is -0.120. The van der Waals surface area contributed by atoms with Crippen molar-refractivity contribution in [2.24, 2.45) is 5.92 Å². The normalized spacial score (nSPS) is 15.8. The van der Waals surface area contributed by atoms with Crippen LogP contribution in [0.2, 0.25) is 0 Å². The molecule has 1 heterocycles. The summed E-state index contributed by atoms with van der Waals surface area (Å²) in [5.41, 5.74) is 0.858. The molecule has 0 unspecified atom stereocenters. The molecule has 148 valence electrons. The van der Waals surface area contributed by atoms with Crippen molar-refractivity contribution in [3.8, 4) is 0 Å². The van der Waals surface area contributed by atoms with Crippen molar-refractivity contribution < 1.29 is 22.7 Å². The van der Waals surface area contributed by atoms with E-state index in [4.69, 9.17) is 0 Å². The van der Waals surface area contributed by atoms with Crippen LogP contribution in [0.5, 0.6) is 0 Å². The van der Waals surface area contributed by atoms with E-state index in [2.05, 4.69) is 10.1 Å². The Labute approximate surface area is 164 Å². The van der Waals surface area contributed by atoms with E-state index in [1.54, 1.807) is 54.6 Å². The second kappa shape index (κ2) is 8.53. The summed E-state index contributed by atoms with van der Waals surface area (Å²) in [6.07, 6.45) is 0.878. The number of benzene rings is 2. The van der Waals surface area contributed by atoms with Crippen LogP contribution < -0.4 is 5.32 Å². The number of esters is 1. The van der Waals surface area contributed by atoms with Crippen LogP contribution in [0.1, 0.15) is 23.2 Å². The predicted molar refractivity (Wildman–Crippen MR) is 104 cm³/mol. The number of nitrogens with zero attached hydrogens (tertiary/aromatic N) is 1. The van der Waals surface area contributed by atoms with Crippen LogP contribution in [-0.4, -0.2) is 44.8 Å². The van der Waals surface area contributed by atoms with E-state index in [0.29, 0.717) is 24.1 Å². The number of carbonyl (C=O) groups is 2. The van der Waals surface area contributed by atoms with Crippen molar-refractivity contribution in [2.75, 3.05) is 25.5 Å². The summed E-state index contributed by atoms with van der Waals surface area (Å²) in [6, 6.07) is 14.8. The number of rotatable bonds is 5. The first-order valence-corrected chi connectivity index (χ1v) is 10.4. The highest BCUT2D eigenvalue weighted by molar-refractivity contribution is 7.89. The molecule has 2 aromatic rings. The molecule has 0 atom stereocenters. The van der Waals surface area contributed by atoms with Gasteiger partial charge in [-0.05, 0) is 43.2 Å². The summed E-state index contributed by atoms with van der Waals surface area (Å²) in [5.74, 6) is -0.946. The van der Waals surface area contributed by atoms with Gasteiger partial charge < -0.3 is 10.1 Å². The van der Waals surface area contributed by atoms with Crippen LogP contribution in [0, 0.1) is 5.92 Å². The van der Waals surface area contributed by atoms with Gasteiger partial charge in [-0.15, -0.1) is 0 Å². The molecule has 0 aliphatic carbocycles. The Kier molecular flexibility index (Phi) is 6.11. The first-order chi connectivity index (χ1) is 13.4. The molecule has 1 aliphatic rings. The fourth-order valence-corrected chi connectivity index (χ4v) is 4.68. The Morgan fingerprint density at radius 3 is 2.36 bits per heavy atom. The smallest absolute Gasteiger partial charge is 0.337 e. The topological polar surface area (TPSA) is 92.8 Å². The highest BCUT2D eigenvalue weighted by Gasteiger charge is 2.32. The van der Waals surface area contributed by atoms with Gasteiger partial charge in [-0.2, -0.15) is 4.31 Å². The van der Waals surface area contributed by atoms with Crippen LogP contribution in [-0.2, 0) is 19.6 Å². The Bertz CT molecular complexity index is 952. The van der Waals surface area contributed by atoms with Crippen LogP contribution in [0.25, 0.3) is 0 Å². The molecule has 0 bridgehead atoms. The molecule has 2 aromatic carbocycles. The number of piperidine rings is 1. The third-order valence-electron chi connectivity index (χ3n) is 4.76. The fourth-order valence-electron chi connectivity index (χ4n) is 3.19. The third-order valence-corrected chi connectivity index (χ3v) is 6.67. The van der Waals surface area contributed by atoms with Crippen LogP contribution in [0.3, 0.4) is 0 Å². The molecule has 8 heteroatoms. The highest BCUT2D eigenvalue weighted by Crippen LogP contribution is 2.25. The van der Waals surface area contributed by atoms with Gasteiger partial charge in [0.25, 0.3) is 0 Å². The van der Waals surface area contributed by atoms with E-state index < -0.39 is 16.0 Å². The van der Waals surface area contributed by atoms with Crippen molar-refractivity contribution in [2.45, 2.75) is 17.7 Å². The largest absolute Gasteiger partial charge is 0.465 e. The van der Waals surface area contributed by atoms with Crippen LogP contribution >= 0.6 is 0 Å². The Hall–Kier alpha value is -2.71. The maximum absolute atomic E-state index is 12.7. The van der Waals surface area contributed by atoms with Gasteiger partial charge in [-0.25, -0.2) is 13.2 Å². The standard InChI is InChI=1S/C20H22N2O5S/c1-27-20(24)16-6-5-7-17(14-16)21-19(23)15-10-12-22(13-11-15)28(25,26)18-8-3-2-4-9-18/h2-9,14-15H,10-13H2,1H3,(H,21,23). The second-order valence-electron chi connectivity index (χ2n) is 6.55. The van der Waals surface area contributed by atoms with Crippen molar-refractivity contribution in [3.63, 3.8) is 0 Å². The molecule has 0 aromatic heterocycles. The number of nitrogens with one attached hydrogen (secondary N) is 1. The molecular formula is C20H22N2O5S. The van der Waals surface area contributed by atoms with Crippen LogP contribution in [0.15, 0.2) is 59.5 Å². The summed E-state index contributed by atoms with van der Waals surface area (Å²) in [4.78, 5) is 24.4. The second-order valence-corrected chi connectivity index (χ2v) is 8.49. The van der Waals surface area contributed by atoms with E-state index >= 15 is 0 Å². The first-order valence-electron chi connectivity index (χ1n) is 8.96. The molecule has 0 radical (unpaired) electrons. The monoisotopic (exact) mass is 402 g/mol. The average Bonchev–Trinajstić information content (AvgIpc) is 2.74. The Balaban J connectivity index is 1.61. The zero-order chi connectivity index (χ0) is 20.1. The Morgan fingerprint density at radius 1 is 1.04 bits per heavy atom. The minimum atomic E-state index is -3.54. The first kappa shape index (κ1) is 20.0. The SMILES string of the molecule is COC(=O)c1cccc(NC(=O)C2CCN(S(=O)(=O)c3ccccc3)CC2)c1. The van der Waals surface area contributed by atoms with Gasteiger partial charge in [0.15, 0.2) is 0 Å².